The monoisotopic (exact) mass is 251 g/mol. The van der Waals surface area contributed by atoms with Gasteiger partial charge in [0.15, 0.2) is 11.9 Å². The van der Waals surface area contributed by atoms with Crippen molar-refractivity contribution in [1.29, 1.82) is 0 Å². The smallest absolute Gasteiger partial charge is 0.326 e. The molecule has 1 atom stereocenters. The summed E-state index contributed by atoms with van der Waals surface area (Å²) in [5.41, 5.74) is 0. The first kappa shape index (κ1) is 14.1. The van der Waals surface area contributed by atoms with Gasteiger partial charge >= 0.3 is 5.97 Å². The number of nitrogens with zero attached hydrogens (tertiary/aromatic N) is 3. The maximum Gasteiger partial charge on any atom is 0.326 e. The number of carbonyl (C=O) groups excluding carboxylic acids is 2. The summed E-state index contributed by atoms with van der Waals surface area (Å²) in [6, 6.07) is 0. The molecule has 0 aliphatic heterocycles. The van der Waals surface area contributed by atoms with Crippen LogP contribution in [0, 0.1) is 0 Å². The van der Waals surface area contributed by atoms with Crippen molar-refractivity contribution in [1.82, 2.24) is 9.97 Å². The Hall–Kier alpha value is -1.98. The number of aromatic nitrogens is 2. The van der Waals surface area contributed by atoms with Crippen LogP contribution in [-0.4, -0.2) is 41.4 Å². The van der Waals surface area contributed by atoms with Gasteiger partial charge < -0.3 is 9.64 Å². The molecule has 6 heteroatoms. The Labute approximate surface area is 106 Å². The van der Waals surface area contributed by atoms with E-state index in [1.807, 2.05) is 0 Å². The normalized spacial score (nSPS) is 11.7. The highest BCUT2D eigenvalue weighted by Crippen LogP contribution is 2.05. The fourth-order valence-corrected chi connectivity index (χ4v) is 1.35. The van der Waals surface area contributed by atoms with E-state index in [2.05, 4.69) is 9.97 Å². The van der Waals surface area contributed by atoms with Gasteiger partial charge in [0.25, 0.3) is 0 Å². The predicted molar refractivity (Wildman–Crippen MR) is 66.2 cm³/mol. The number of likely N-dealkylation sites (N-methyl/N-ethyl adjacent to an activating group) is 1. The number of anilines is 1. The summed E-state index contributed by atoms with van der Waals surface area (Å²) in [6.07, 6.45) is 4.30. The number of rotatable bonds is 6. The van der Waals surface area contributed by atoms with E-state index in [4.69, 9.17) is 4.74 Å². The van der Waals surface area contributed by atoms with Crippen LogP contribution in [0.1, 0.15) is 20.3 Å². The molecular formula is C12H17N3O3. The average Bonchev–Trinajstić information content (AvgIpc) is 2.38. The van der Waals surface area contributed by atoms with Crippen LogP contribution in [0.5, 0.6) is 0 Å². The molecule has 1 aromatic rings. The summed E-state index contributed by atoms with van der Waals surface area (Å²) in [6.45, 7) is 3.34. The van der Waals surface area contributed by atoms with Crippen LogP contribution in [0.2, 0.25) is 0 Å². The van der Waals surface area contributed by atoms with E-state index in [9.17, 15) is 9.59 Å². The third-order valence-corrected chi connectivity index (χ3v) is 2.42. The van der Waals surface area contributed by atoms with E-state index in [0.717, 1.165) is 0 Å². The minimum atomic E-state index is -0.697. The van der Waals surface area contributed by atoms with Gasteiger partial charge in [-0.2, -0.15) is 0 Å². The van der Waals surface area contributed by atoms with Gasteiger partial charge in [-0.1, -0.05) is 6.92 Å². The molecule has 0 amide bonds. The Morgan fingerprint density at radius 1 is 1.44 bits per heavy atom. The Morgan fingerprint density at radius 3 is 2.72 bits per heavy atom. The second kappa shape index (κ2) is 6.68. The summed E-state index contributed by atoms with van der Waals surface area (Å²) in [4.78, 5) is 32.4. The van der Waals surface area contributed by atoms with Crippen molar-refractivity contribution in [2.45, 2.75) is 26.4 Å². The predicted octanol–water partition coefficient (Wildman–Crippen LogP) is 0.824. The molecule has 0 saturated heterocycles. The molecule has 1 heterocycles. The zero-order chi connectivity index (χ0) is 13.5. The van der Waals surface area contributed by atoms with Crippen LogP contribution in [0.3, 0.4) is 0 Å². The molecule has 98 valence electrons. The fraction of sp³-hybridized carbons (Fsp3) is 0.500. The summed E-state index contributed by atoms with van der Waals surface area (Å²) in [5, 5.41) is 0. The lowest BCUT2D eigenvalue weighted by Crippen LogP contribution is -2.32. The van der Waals surface area contributed by atoms with Gasteiger partial charge in [-0.25, -0.2) is 4.98 Å². The third-order valence-electron chi connectivity index (χ3n) is 2.42. The molecule has 0 saturated carbocycles. The highest BCUT2D eigenvalue weighted by molar-refractivity contribution is 5.85. The van der Waals surface area contributed by atoms with E-state index in [-0.39, 0.29) is 12.3 Å². The number of esters is 1. The van der Waals surface area contributed by atoms with E-state index in [1.165, 1.54) is 0 Å². The lowest BCUT2D eigenvalue weighted by Gasteiger charge is -2.18. The van der Waals surface area contributed by atoms with Gasteiger partial charge in [0.05, 0.1) is 6.20 Å². The minimum absolute atomic E-state index is 0.0278. The van der Waals surface area contributed by atoms with Gasteiger partial charge in [-0.3, -0.25) is 14.6 Å². The second-order valence-electron chi connectivity index (χ2n) is 3.87. The van der Waals surface area contributed by atoms with Crippen molar-refractivity contribution in [3.05, 3.63) is 18.6 Å². The van der Waals surface area contributed by atoms with Gasteiger partial charge in [0, 0.05) is 25.9 Å². The average molecular weight is 251 g/mol. The Balaban J connectivity index is 2.48. The van der Waals surface area contributed by atoms with Crippen LogP contribution in [0.25, 0.3) is 0 Å². The zero-order valence-corrected chi connectivity index (χ0v) is 10.8. The molecule has 0 aliphatic rings. The first-order chi connectivity index (χ1) is 8.54. The Kier molecular flexibility index (Phi) is 5.23. The van der Waals surface area contributed by atoms with Crippen molar-refractivity contribution in [3.63, 3.8) is 0 Å². The third kappa shape index (κ3) is 4.12. The molecule has 0 spiro atoms. The molecule has 1 rings (SSSR count). The maximum atomic E-state index is 11.6. The maximum absolute atomic E-state index is 11.6. The number of carbonyl (C=O) groups is 2. The molecule has 0 fully saturated rings. The van der Waals surface area contributed by atoms with E-state index >= 15 is 0 Å². The van der Waals surface area contributed by atoms with E-state index in [1.54, 1.807) is 44.4 Å². The Morgan fingerprint density at radius 2 is 2.17 bits per heavy atom. The highest BCUT2D eigenvalue weighted by atomic mass is 16.5. The van der Waals surface area contributed by atoms with Gasteiger partial charge in [0.1, 0.15) is 12.4 Å². The summed E-state index contributed by atoms with van der Waals surface area (Å²) in [7, 11) is 1.71. The summed E-state index contributed by atoms with van der Waals surface area (Å²) in [5.74, 6) is 0.0203. The first-order valence-electron chi connectivity index (χ1n) is 5.74. The second-order valence-corrected chi connectivity index (χ2v) is 3.87. The fourth-order valence-electron chi connectivity index (χ4n) is 1.35. The number of hydrogen-bond acceptors (Lipinski definition) is 6. The van der Waals surface area contributed by atoms with Crippen LogP contribution in [0.4, 0.5) is 5.82 Å². The number of ether oxygens (including phenoxy) is 1. The largest absolute Gasteiger partial charge is 0.453 e. The molecular weight excluding hydrogens is 234 g/mol. The molecule has 0 aliphatic carbocycles. The molecule has 0 unspecified atom stereocenters. The van der Waals surface area contributed by atoms with Crippen LogP contribution < -0.4 is 4.90 Å². The summed E-state index contributed by atoms with van der Waals surface area (Å²) < 4.78 is 5.02. The standard InChI is InChI=1S/C12H17N3O3/c1-4-10(16)9(2)18-12(17)8-15(3)11-7-13-5-6-14-11/h5-7,9H,4,8H2,1-3H3/t9-/m0/s1. The molecule has 6 nitrogen and oxygen atoms in total. The highest BCUT2D eigenvalue weighted by Gasteiger charge is 2.17. The molecule has 18 heavy (non-hydrogen) atoms. The van der Waals surface area contributed by atoms with Crippen LogP contribution in [0.15, 0.2) is 18.6 Å². The van der Waals surface area contributed by atoms with Crippen molar-refractivity contribution >= 4 is 17.6 Å². The van der Waals surface area contributed by atoms with Gasteiger partial charge in [-0.05, 0) is 6.92 Å². The minimum Gasteiger partial charge on any atom is -0.453 e. The molecule has 0 radical (unpaired) electrons. The Bertz CT molecular complexity index is 408. The van der Waals surface area contributed by atoms with Crippen LogP contribution in [-0.2, 0) is 14.3 Å². The topological polar surface area (TPSA) is 72.4 Å². The quantitative estimate of drug-likeness (QED) is 0.697. The molecule has 0 bridgehead atoms. The van der Waals surface area contributed by atoms with Crippen molar-refractivity contribution in [2.75, 3.05) is 18.5 Å². The lowest BCUT2D eigenvalue weighted by molar-refractivity contribution is -0.152. The molecule has 0 N–H and O–H groups in total. The van der Waals surface area contributed by atoms with E-state index in [0.29, 0.717) is 12.2 Å². The lowest BCUT2D eigenvalue weighted by atomic mass is 10.2. The van der Waals surface area contributed by atoms with Crippen LogP contribution >= 0.6 is 0 Å². The van der Waals surface area contributed by atoms with Gasteiger partial charge in [0.2, 0.25) is 0 Å². The summed E-state index contributed by atoms with van der Waals surface area (Å²) >= 11 is 0. The van der Waals surface area contributed by atoms with Crippen molar-refractivity contribution < 1.29 is 14.3 Å². The molecule has 0 aromatic carbocycles. The number of hydrogen-bond donors (Lipinski definition) is 0. The first-order valence-corrected chi connectivity index (χ1v) is 5.74. The zero-order valence-electron chi connectivity index (χ0n) is 10.8. The van der Waals surface area contributed by atoms with Crippen molar-refractivity contribution in [3.8, 4) is 0 Å². The molecule has 1 aromatic heterocycles. The number of Topliss-reactive ketones (excluding diaryl/α,β-unsaturated/α-hetero) is 1. The van der Waals surface area contributed by atoms with E-state index < -0.39 is 12.1 Å². The SMILES string of the molecule is CCC(=O)[C@H](C)OC(=O)CN(C)c1cnccn1. The number of ketones is 1. The van der Waals surface area contributed by atoms with Crippen molar-refractivity contribution in [2.24, 2.45) is 0 Å². The van der Waals surface area contributed by atoms with Gasteiger partial charge in [-0.15, -0.1) is 0 Å².